The predicted octanol–water partition coefficient (Wildman–Crippen LogP) is 0.374. The molecule has 1 saturated heterocycles. The lowest BCUT2D eigenvalue weighted by molar-refractivity contribution is -0.279. The molecule has 0 radical (unpaired) electrons. The van der Waals surface area contributed by atoms with Gasteiger partial charge in [0.25, 0.3) is 0 Å². The lowest BCUT2D eigenvalue weighted by atomic mass is 9.99. The van der Waals surface area contributed by atoms with Gasteiger partial charge in [0.1, 0.15) is 42.0 Å². The molecule has 1 aliphatic rings. The Balaban J connectivity index is 1.71. The summed E-state index contributed by atoms with van der Waals surface area (Å²) >= 11 is 0. The molecule has 14 nitrogen and oxygen atoms in total. The Morgan fingerprint density at radius 3 is 2.26 bits per heavy atom. The molecule has 1 aliphatic heterocycles. The summed E-state index contributed by atoms with van der Waals surface area (Å²) in [7, 11) is 0. The number of phenolic OH excluding ortho intramolecular Hbond substituents is 4. The van der Waals surface area contributed by atoms with Gasteiger partial charge in [-0.1, -0.05) is 13.8 Å². The standard InChI is InChI=1S/C25H26O14/c1-8(2)24(35)36-7-14-17(29)20(32)22(34)25(39-14)38-13-6-12-15(18(30)16(13)28)19(31)21(33)23(37-12)9-3-4-10(26)11(27)5-9/h3-6,8,14,17,20,22,25-30,32-34H,7H2,1-2H3/t14-,17-,20+,22-,25-/m1/s1. The molecule has 2 aromatic carbocycles. The van der Waals surface area contributed by atoms with Gasteiger partial charge in [-0.15, -0.1) is 0 Å². The number of carbonyl (C=O) groups is 1. The summed E-state index contributed by atoms with van der Waals surface area (Å²) in [4.78, 5) is 24.6. The van der Waals surface area contributed by atoms with Crippen LogP contribution in [0.15, 0.2) is 33.5 Å². The smallest absolute Gasteiger partial charge is 0.308 e. The first-order valence-electron chi connectivity index (χ1n) is 11.6. The van der Waals surface area contributed by atoms with Crippen molar-refractivity contribution in [2.24, 2.45) is 5.92 Å². The van der Waals surface area contributed by atoms with Crippen LogP contribution in [0.3, 0.4) is 0 Å². The first-order chi connectivity index (χ1) is 18.3. The van der Waals surface area contributed by atoms with Gasteiger partial charge in [0, 0.05) is 11.6 Å². The number of carbonyl (C=O) groups excluding carboxylic acids is 1. The maximum absolute atomic E-state index is 12.8. The summed E-state index contributed by atoms with van der Waals surface area (Å²) in [5.74, 6) is -6.26. The van der Waals surface area contributed by atoms with E-state index in [1.165, 1.54) is 6.07 Å². The minimum absolute atomic E-state index is 0.0289. The van der Waals surface area contributed by atoms with Crippen LogP contribution in [-0.2, 0) is 14.3 Å². The van der Waals surface area contributed by atoms with Gasteiger partial charge < -0.3 is 59.5 Å². The van der Waals surface area contributed by atoms with E-state index < -0.39 is 106 Å². The minimum Gasteiger partial charge on any atom is -0.504 e. The molecule has 210 valence electrons. The van der Waals surface area contributed by atoms with Gasteiger partial charge in [0.2, 0.25) is 23.2 Å². The number of aliphatic hydroxyl groups is 3. The molecule has 14 heteroatoms. The van der Waals surface area contributed by atoms with Crippen molar-refractivity contribution < 1.29 is 64.3 Å². The molecular formula is C25H26O14. The molecule has 1 aromatic heterocycles. The minimum atomic E-state index is -1.88. The third-order valence-corrected chi connectivity index (χ3v) is 6.08. The first kappa shape index (κ1) is 27.8. The van der Waals surface area contributed by atoms with Gasteiger partial charge in [-0.25, -0.2) is 0 Å². The van der Waals surface area contributed by atoms with E-state index >= 15 is 0 Å². The molecule has 5 atom stereocenters. The second kappa shape index (κ2) is 10.5. The molecule has 0 aliphatic carbocycles. The van der Waals surface area contributed by atoms with E-state index in [9.17, 15) is 50.4 Å². The molecular weight excluding hydrogens is 524 g/mol. The van der Waals surface area contributed by atoms with Gasteiger partial charge in [0.05, 0.1) is 5.92 Å². The van der Waals surface area contributed by atoms with Crippen LogP contribution in [0.1, 0.15) is 13.8 Å². The van der Waals surface area contributed by atoms with E-state index in [2.05, 4.69) is 0 Å². The van der Waals surface area contributed by atoms with Crippen LogP contribution in [0.4, 0.5) is 0 Å². The zero-order chi connectivity index (χ0) is 28.8. The Morgan fingerprint density at radius 1 is 0.923 bits per heavy atom. The van der Waals surface area contributed by atoms with E-state index in [0.29, 0.717) is 0 Å². The molecule has 0 saturated carbocycles. The average Bonchev–Trinajstić information content (AvgIpc) is 2.89. The van der Waals surface area contributed by atoms with E-state index in [4.69, 9.17) is 18.6 Å². The number of fused-ring (bicyclic) bond motifs is 1. The van der Waals surface area contributed by atoms with Crippen molar-refractivity contribution in [2.45, 2.75) is 44.6 Å². The van der Waals surface area contributed by atoms with Crippen molar-refractivity contribution in [3.05, 3.63) is 34.5 Å². The van der Waals surface area contributed by atoms with Crippen molar-refractivity contribution in [3.8, 4) is 45.8 Å². The van der Waals surface area contributed by atoms with Crippen LogP contribution in [0.2, 0.25) is 0 Å². The topological polar surface area (TPSA) is 237 Å². The third-order valence-electron chi connectivity index (χ3n) is 6.08. The highest BCUT2D eigenvalue weighted by molar-refractivity contribution is 5.91. The number of hydrogen-bond donors (Lipinski definition) is 8. The Hall–Kier alpha value is -4.24. The predicted molar refractivity (Wildman–Crippen MR) is 129 cm³/mol. The molecule has 0 spiro atoms. The Kier molecular flexibility index (Phi) is 7.48. The molecule has 0 bridgehead atoms. The summed E-state index contributed by atoms with van der Waals surface area (Å²) in [5.41, 5.74) is -1.60. The van der Waals surface area contributed by atoms with Gasteiger partial charge >= 0.3 is 5.97 Å². The van der Waals surface area contributed by atoms with Crippen LogP contribution in [-0.4, -0.2) is 84.1 Å². The van der Waals surface area contributed by atoms with E-state index in [0.717, 1.165) is 18.2 Å². The number of aliphatic hydroxyl groups excluding tert-OH is 3. The number of rotatable bonds is 6. The van der Waals surface area contributed by atoms with Crippen LogP contribution in [0.5, 0.6) is 34.5 Å². The zero-order valence-corrected chi connectivity index (χ0v) is 20.5. The second-order valence-corrected chi connectivity index (χ2v) is 9.17. The second-order valence-electron chi connectivity index (χ2n) is 9.17. The zero-order valence-electron chi connectivity index (χ0n) is 20.5. The summed E-state index contributed by atoms with van der Waals surface area (Å²) in [6.07, 6.45) is -8.51. The maximum Gasteiger partial charge on any atom is 0.308 e. The number of ether oxygens (including phenoxy) is 3. The number of hydrogen-bond acceptors (Lipinski definition) is 14. The molecule has 3 aromatic rings. The van der Waals surface area contributed by atoms with Crippen molar-refractivity contribution in [1.29, 1.82) is 0 Å². The molecule has 8 N–H and O–H groups in total. The van der Waals surface area contributed by atoms with Crippen LogP contribution >= 0.6 is 0 Å². The molecule has 2 heterocycles. The summed E-state index contributed by atoms with van der Waals surface area (Å²) in [6.45, 7) is 2.65. The lowest BCUT2D eigenvalue weighted by Crippen LogP contribution is -2.60. The average molecular weight is 550 g/mol. The largest absolute Gasteiger partial charge is 0.504 e. The van der Waals surface area contributed by atoms with E-state index in [1.54, 1.807) is 13.8 Å². The molecule has 4 rings (SSSR count). The fraction of sp³-hybridized carbons (Fsp3) is 0.360. The fourth-order valence-electron chi connectivity index (χ4n) is 3.85. The highest BCUT2D eigenvalue weighted by Crippen LogP contribution is 2.44. The summed E-state index contributed by atoms with van der Waals surface area (Å²) in [5, 5.41) is 80.9. The van der Waals surface area contributed by atoms with Crippen LogP contribution < -0.4 is 10.2 Å². The molecule has 1 fully saturated rings. The Labute approximate surface area is 219 Å². The SMILES string of the molecule is CC(C)C(=O)OC[C@H]1O[C@@H](Oc2cc3oc(-c4ccc(O)c(O)c4)c(O)c(=O)c3c(O)c2O)[C@H](O)[C@@H](O)[C@@H]1O. The van der Waals surface area contributed by atoms with Crippen LogP contribution in [0.25, 0.3) is 22.3 Å². The van der Waals surface area contributed by atoms with Gasteiger partial charge in [-0.05, 0) is 18.2 Å². The fourth-order valence-corrected chi connectivity index (χ4v) is 3.85. The highest BCUT2D eigenvalue weighted by atomic mass is 16.7. The number of phenols is 4. The quantitative estimate of drug-likeness (QED) is 0.153. The molecule has 39 heavy (non-hydrogen) atoms. The summed E-state index contributed by atoms with van der Waals surface area (Å²) in [6, 6.07) is 4.23. The number of aromatic hydroxyl groups is 5. The number of benzene rings is 2. The van der Waals surface area contributed by atoms with E-state index in [1.807, 2.05) is 0 Å². The normalized spacial score (nSPS) is 23.2. The highest BCUT2D eigenvalue weighted by Gasteiger charge is 2.46. The monoisotopic (exact) mass is 550 g/mol. The number of esters is 1. The van der Waals surface area contributed by atoms with Crippen LogP contribution in [0, 0.1) is 5.92 Å². The lowest BCUT2D eigenvalue weighted by Gasteiger charge is -2.40. The van der Waals surface area contributed by atoms with Gasteiger partial charge in [-0.2, -0.15) is 0 Å². The van der Waals surface area contributed by atoms with Gasteiger partial charge in [-0.3, -0.25) is 9.59 Å². The van der Waals surface area contributed by atoms with Crippen molar-refractivity contribution in [2.75, 3.05) is 6.61 Å². The molecule has 0 unspecified atom stereocenters. The van der Waals surface area contributed by atoms with Crippen molar-refractivity contribution >= 4 is 16.9 Å². The molecule has 0 amide bonds. The Bertz CT molecular complexity index is 1460. The summed E-state index contributed by atoms with van der Waals surface area (Å²) < 4.78 is 21.5. The Morgan fingerprint density at radius 2 is 1.62 bits per heavy atom. The van der Waals surface area contributed by atoms with E-state index in [-0.39, 0.29) is 5.56 Å². The van der Waals surface area contributed by atoms with Crippen molar-refractivity contribution in [1.82, 2.24) is 0 Å². The maximum atomic E-state index is 12.8. The first-order valence-corrected chi connectivity index (χ1v) is 11.6. The third kappa shape index (κ3) is 5.09. The van der Waals surface area contributed by atoms with Gasteiger partial charge in [0.15, 0.2) is 28.8 Å². The van der Waals surface area contributed by atoms with Crippen molar-refractivity contribution in [3.63, 3.8) is 0 Å².